The molecule has 1 atom stereocenters. The Morgan fingerprint density at radius 1 is 0.704 bits per heavy atom. The lowest BCUT2D eigenvalue weighted by atomic mass is 10.2. The Labute approximate surface area is 156 Å². The molecule has 12 heteroatoms. The molecule has 12 nitrogen and oxygen atoms in total. The van der Waals surface area contributed by atoms with Gasteiger partial charge in [0, 0.05) is 38.8 Å². The predicted octanol–water partition coefficient (Wildman–Crippen LogP) is -2.15. The van der Waals surface area contributed by atoms with Crippen molar-refractivity contribution in [2.75, 3.05) is 58.9 Å². The molecule has 1 fully saturated rings. The van der Waals surface area contributed by atoms with Gasteiger partial charge in [-0.3, -0.25) is 29.0 Å². The highest BCUT2D eigenvalue weighted by Gasteiger charge is 2.29. The van der Waals surface area contributed by atoms with E-state index >= 15 is 0 Å². The van der Waals surface area contributed by atoms with Crippen molar-refractivity contribution in [3.8, 4) is 0 Å². The van der Waals surface area contributed by atoms with Gasteiger partial charge in [0.1, 0.15) is 13.1 Å². The third kappa shape index (κ3) is 8.77. The zero-order chi connectivity index (χ0) is 20.6. The van der Waals surface area contributed by atoms with E-state index in [9.17, 15) is 24.3 Å². The Kier molecular flexibility index (Phi) is 9.08. The van der Waals surface area contributed by atoms with Crippen LogP contribution in [0.4, 0.5) is 0 Å². The van der Waals surface area contributed by atoms with Gasteiger partial charge in [0.05, 0.1) is 13.1 Å². The summed E-state index contributed by atoms with van der Waals surface area (Å²) in [5.74, 6) is -4.42. The summed E-state index contributed by atoms with van der Waals surface area (Å²) < 4.78 is 0. The summed E-state index contributed by atoms with van der Waals surface area (Å²) in [6.45, 7) is 1.35. The normalized spacial score (nSPS) is 21.6. The summed E-state index contributed by atoms with van der Waals surface area (Å²) in [5.41, 5.74) is 0. The van der Waals surface area contributed by atoms with Crippen LogP contribution in [0.2, 0.25) is 0 Å². The molecule has 0 saturated carbocycles. The van der Waals surface area contributed by atoms with Crippen molar-refractivity contribution in [2.24, 2.45) is 0 Å². The monoisotopic (exact) mass is 390 g/mol. The number of aliphatic carboxylic acids is 4. The minimum Gasteiger partial charge on any atom is -0.480 e. The second kappa shape index (κ2) is 10.8. The van der Waals surface area contributed by atoms with Gasteiger partial charge in [0.25, 0.3) is 0 Å². The summed E-state index contributed by atoms with van der Waals surface area (Å²) in [4.78, 5) is 47.8. The number of rotatable bonds is 8. The Hall–Kier alpha value is -2.28. The first-order valence-corrected chi connectivity index (χ1v) is 8.41. The van der Waals surface area contributed by atoms with Crippen LogP contribution in [-0.2, 0) is 19.2 Å². The molecular formula is C15H26N4O8. The largest absolute Gasteiger partial charge is 0.480 e. The number of hydrogen-bond donors (Lipinski definition) is 4. The maximum absolute atomic E-state index is 11.3. The van der Waals surface area contributed by atoms with Crippen molar-refractivity contribution in [3.05, 3.63) is 0 Å². The predicted molar refractivity (Wildman–Crippen MR) is 91.2 cm³/mol. The van der Waals surface area contributed by atoms with Crippen molar-refractivity contribution < 1.29 is 39.6 Å². The Morgan fingerprint density at radius 2 is 1.15 bits per heavy atom. The van der Waals surface area contributed by atoms with Crippen LogP contribution in [0, 0.1) is 0 Å². The van der Waals surface area contributed by atoms with Crippen LogP contribution in [0.5, 0.6) is 0 Å². The van der Waals surface area contributed by atoms with E-state index in [-0.39, 0.29) is 32.7 Å². The number of nitrogens with zero attached hydrogens (tertiary/aromatic N) is 4. The fraction of sp³-hybridized carbons (Fsp3) is 0.733. The second-order valence-corrected chi connectivity index (χ2v) is 6.42. The van der Waals surface area contributed by atoms with E-state index in [1.807, 2.05) is 0 Å². The fourth-order valence-corrected chi connectivity index (χ4v) is 3.02. The van der Waals surface area contributed by atoms with Crippen LogP contribution in [-0.4, -0.2) is 129 Å². The van der Waals surface area contributed by atoms with E-state index < -0.39 is 43.0 Å². The average Bonchev–Trinajstić information content (AvgIpc) is 2.51. The molecule has 0 aliphatic carbocycles. The molecule has 0 spiro atoms. The molecule has 1 aliphatic rings. The zero-order valence-corrected chi connectivity index (χ0v) is 15.2. The van der Waals surface area contributed by atoms with Gasteiger partial charge in [-0.1, -0.05) is 0 Å². The van der Waals surface area contributed by atoms with Crippen molar-refractivity contribution in [3.63, 3.8) is 0 Å². The summed E-state index contributed by atoms with van der Waals surface area (Å²) in [7, 11) is 0. The van der Waals surface area contributed by atoms with Gasteiger partial charge in [-0.05, 0) is 6.92 Å². The molecule has 1 rings (SSSR count). The van der Waals surface area contributed by atoms with E-state index in [2.05, 4.69) is 0 Å². The molecule has 0 amide bonds. The Balaban J connectivity index is 3.10. The minimum absolute atomic E-state index is 0.135. The van der Waals surface area contributed by atoms with Gasteiger partial charge in [0.2, 0.25) is 0 Å². The van der Waals surface area contributed by atoms with Gasteiger partial charge < -0.3 is 20.4 Å². The smallest absolute Gasteiger partial charge is 0.319 e. The molecule has 4 N–H and O–H groups in total. The quantitative estimate of drug-likeness (QED) is 0.356. The number of hydrazine groups is 1. The minimum atomic E-state index is -1.15. The highest BCUT2D eigenvalue weighted by molar-refractivity contribution is 5.70. The highest BCUT2D eigenvalue weighted by Crippen LogP contribution is 2.10. The van der Waals surface area contributed by atoms with E-state index in [1.54, 1.807) is 16.7 Å². The first kappa shape index (κ1) is 22.8. The van der Waals surface area contributed by atoms with E-state index in [0.29, 0.717) is 13.1 Å². The van der Waals surface area contributed by atoms with Crippen molar-refractivity contribution in [2.45, 2.75) is 13.0 Å². The molecule has 0 bridgehead atoms. The SMILES string of the molecule is CC1CN(CC(=O)O)CCN(CC(=O)O)CCN(CC(=O)O)N1CC(=O)O. The third-order valence-corrected chi connectivity index (χ3v) is 4.13. The number of carbonyl (C=O) groups is 4. The van der Waals surface area contributed by atoms with Crippen LogP contribution in [0.3, 0.4) is 0 Å². The summed E-state index contributed by atoms with van der Waals surface area (Å²) >= 11 is 0. The molecule has 0 radical (unpaired) electrons. The molecule has 154 valence electrons. The van der Waals surface area contributed by atoms with Crippen LogP contribution < -0.4 is 0 Å². The lowest BCUT2D eigenvalue weighted by molar-refractivity contribution is -0.158. The highest BCUT2D eigenvalue weighted by atomic mass is 16.4. The van der Waals surface area contributed by atoms with Crippen LogP contribution in [0.25, 0.3) is 0 Å². The van der Waals surface area contributed by atoms with Crippen molar-refractivity contribution in [1.82, 2.24) is 19.8 Å². The van der Waals surface area contributed by atoms with E-state index in [4.69, 9.17) is 15.3 Å². The van der Waals surface area contributed by atoms with Crippen molar-refractivity contribution >= 4 is 23.9 Å². The number of carboxylic acids is 4. The van der Waals surface area contributed by atoms with E-state index in [0.717, 1.165) is 0 Å². The Morgan fingerprint density at radius 3 is 1.67 bits per heavy atom. The number of carboxylic acid groups (broad SMARTS) is 4. The first-order chi connectivity index (χ1) is 12.6. The van der Waals surface area contributed by atoms with Crippen LogP contribution in [0.1, 0.15) is 6.92 Å². The fourth-order valence-electron chi connectivity index (χ4n) is 3.02. The third-order valence-electron chi connectivity index (χ3n) is 4.13. The van der Waals surface area contributed by atoms with Crippen LogP contribution in [0.15, 0.2) is 0 Å². The van der Waals surface area contributed by atoms with Gasteiger partial charge >= 0.3 is 23.9 Å². The van der Waals surface area contributed by atoms with Crippen molar-refractivity contribution in [1.29, 1.82) is 0 Å². The molecular weight excluding hydrogens is 364 g/mol. The van der Waals surface area contributed by atoms with Crippen LogP contribution >= 0.6 is 0 Å². The van der Waals surface area contributed by atoms with Gasteiger partial charge in [-0.2, -0.15) is 0 Å². The topological polar surface area (TPSA) is 162 Å². The maximum atomic E-state index is 11.3. The number of hydrogen-bond acceptors (Lipinski definition) is 8. The molecule has 1 heterocycles. The molecule has 1 unspecified atom stereocenters. The molecule has 0 aromatic heterocycles. The second-order valence-electron chi connectivity index (χ2n) is 6.42. The lowest BCUT2D eigenvalue weighted by Crippen LogP contribution is -2.58. The zero-order valence-electron chi connectivity index (χ0n) is 15.2. The standard InChI is InChI=1S/C15H26N4O8/c1-11-6-17(8-13(22)23)3-2-16(7-12(20)21)4-5-18(9-14(24)25)19(11)10-15(26)27/h11H,2-10H2,1H3,(H,20,21)(H,22,23)(H,24,25)(H,26,27). The first-order valence-electron chi connectivity index (χ1n) is 8.41. The van der Waals surface area contributed by atoms with Gasteiger partial charge in [-0.25, -0.2) is 10.0 Å². The summed E-state index contributed by atoms with van der Waals surface area (Å²) in [6, 6.07) is -0.453. The molecule has 1 saturated heterocycles. The maximum Gasteiger partial charge on any atom is 0.319 e. The summed E-state index contributed by atoms with van der Waals surface area (Å²) in [5, 5.41) is 39.2. The van der Waals surface area contributed by atoms with Gasteiger partial charge in [-0.15, -0.1) is 0 Å². The summed E-state index contributed by atoms with van der Waals surface area (Å²) in [6.07, 6.45) is 0. The lowest BCUT2D eigenvalue weighted by Gasteiger charge is -2.41. The molecule has 0 aromatic rings. The van der Waals surface area contributed by atoms with E-state index in [1.165, 1.54) is 10.0 Å². The average molecular weight is 390 g/mol. The molecule has 27 heavy (non-hydrogen) atoms. The van der Waals surface area contributed by atoms with Gasteiger partial charge in [0.15, 0.2) is 0 Å². The Bertz CT molecular complexity index is 558. The molecule has 0 aromatic carbocycles. The molecule has 1 aliphatic heterocycles.